The van der Waals surface area contributed by atoms with Gasteiger partial charge in [-0.25, -0.2) is 0 Å². The number of hydrogen-bond donors (Lipinski definition) is 1. The number of carbonyl (C=O) groups is 1. The van der Waals surface area contributed by atoms with Crippen molar-refractivity contribution in [2.75, 3.05) is 6.54 Å². The van der Waals surface area contributed by atoms with Crippen LogP contribution in [0.4, 0.5) is 13.2 Å². The maximum Gasteiger partial charge on any atom is 0.416 e. The van der Waals surface area contributed by atoms with Gasteiger partial charge in [0.2, 0.25) is 0 Å². The van der Waals surface area contributed by atoms with Gasteiger partial charge in [0.25, 0.3) is 0 Å². The third-order valence-electron chi connectivity index (χ3n) is 3.32. The summed E-state index contributed by atoms with van der Waals surface area (Å²) in [7, 11) is 0. The molecule has 1 aliphatic rings. The normalized spacial score (nSPS) is 20.3. The summed E-state index contributed by atoms with van der Waals surface area (Å²) in [5.41, 5.74) is -0.271. The maximum absolute atomic E-state index is 12.7. The Morgan fingerprint density at radius 3 is 2.70 bits per heavy atom. The van der Waals surface area contributed by atoms with Gasteiger partial charge in [0.1, 0.15) is 6.04 Å². The third-order valence-corrected chi connectivity index (χ3v) is 3.78. The molecule has 0 saturated carbocycles. The lowest BCUT2D eigenvalue weighted by Gasteiger charge is -2.21. The number of carboxylic acid groups (broad SMARTS) is 1. The molecule has 0 radical (unpaired) electrons. The fraction of sp³-hybridized carbons (Fsp3) is 0.462. The van der Waals surface area contributed by atoms with Gasteiger partial charge >= 0.3 is 12.1 Å². The van der Waals surface area contributed by atoms with Crippen LogP contribution in [0.2, 0.25) is 0 Å². The molecule has 1 aromatic rings. The average molecular weight is 352 g/mol. The van der Waals surface area contributed by atoms with Gasteiger partial charge in [0, 0.05) is 11.0 Å². The van der Waals surface area contributed by atoms with E-state index in [9.17, 15) is 18.0 Å². The molecule has 0 amide bonds. The van der Waals surface area contributed by atoms with Gasteiger partial charge in [0.15, 0.2) is 0 Å². The number of rotatable bonds is 3. The molecule has 1 heterocycles. The van der Waals surface area contributed by atoms with E-state index in [1.165, 1.54) is 0 Å². The van der Waals surface area contributed by atoms with Gasteiger partial charge in [-0.15, -0.1) is 0 Å². The highest BCUT2D eigenvalue weighted by Gasteiger charge is 2.33. The van der Waals surface area contributed by atoms with Crippen LogP contribution in [0.5, 0.6) is 0 Å². The Kier molecular flexibility index (Phi) is 4.39. The summed E-state index contributed by atoms with van der Waals surface area (Å²) in [5, 5.41) is 9.07. The second-order valence-corrected chi connectivity index (χ2v) is 5.73. The highest BCUT2D eigenvalue weighted by Crippen LogP contribution is 2.32. The lowest BCUT2D eigenvalue weighted by molar-refractivity contribution is -0.142. The summed E-state index contributed by atoms with van der Waals surface area (Å²) in [6.45, 7) is 0.796. The molecule has 1 fully saturated rings. The fourth-order valence-electron chi connectivity index (χ4n) is 2.43. The van der Waals surface area contributed by atoms with Crippen LogP contribution in [-0.4, -0.2) is 28.6 Å². The topological polar surface area (TPSA) is 40.5 Å². The molecule has 1 atom stereocenters. The van der Waals surface area contributed by atoms with E-state index < -0.39 is 23.8 Å². The van der Waals surface area contributed by atoms with E-state index in [-0.39, 0.29) is 6.54 Å². The summed E-state index contributed by atoms with van der Waals surface area (Å²) < 4.78 is 38.6. The predicted molar refractivity (Wildman–Crippen MR) is 70.2 cm³/mol. The van der Waals surface area contributed by atoms with E-state index in [1.54, 1.807) is 11.0 Å². The van der Waals surface area contributed by atoms with Gasteiger partial charge in [0.05, 0.1) is 5.56 Å². The molecular formula is C13H13BrF3NO2. The Balaban J connectivity index is 2.21. The molecule has 3 nitrogen and oxygen atoms in total. The Morgan fingerprint density at radius 2 is 2.10 bits per heavy atom. The molecule has 1 aliphatic heterocycles. The third kappa shape index (κ3) is 3.52. The summed E-state index contributed by atoms with van der Waals surface area (Å²) in [6, 6.07) is 3.07. The molecule has 0 spiro atoms. The van der Waals surface area contributed by atoms with Crippen molar-refractivity contribution in [3.05, 3.63) is 33.8 Å². The second-order valence-electron chi connectivity index (χ2n) is 4.81. The largest absolute Gasteiger partial charge is 0.480 e. The first kappa shape index (κ1) is 15.3. The number of carboxylic acids is 1. The minimum absolute atomic E-state index is 0.208. The number of halogens is 4. The second kappa shape index (κ2) is 5.73. The van der Waals surface area contributed by atoms with Gasteiger partial charge < -0.3 is 5.11 Å². The Labute approximate surface area is 122 Å². The van der Waals surface area contributed by atoms with Crippen molar-refractivity contribution in [1.82, 2.24) is 4.90 Å². The van der Waals surface area contributed by atoms with Crippen molar-refractivity contribution in [3.8, 4) is 0 Å². The number of likely N-dealkylation sites (tertiary alicyclic amines) is 1. The number of aliphatic carboxylic acids is 1. The number of alkyl halides is 3. The molecule has 1 aromatic carbocycles. The van der Waals surface area contributed by atoms with Crippen LogP contribution in [0.1, 0.15) is 24.0 Å². The Morgan fingerprint density at radius 1 is 1.40 bits per heavy atom. The van der Waals surface area contributed by atoms with Crippen molar-refractivity contribution in [2.24, 2.45) is 0 Å². The molecule has 20 heavy (non-hydrogen) atoms. The summed E-state index contributed by atoms with van der Waals surface area (Å²) in [6.07, 6.45) is -3.12. The quantitative estimate of drug-likeness (QED) is 0.905. The Bertz CT molecular complexity index is 519. The first-order valence-electron chi connectivity index (χ1n) is 6.11. The summed E-state index contributed by atoms with van der Waals surface area (Å²) in [4.78, 5) is 12.8. The van der Waals surface area contributed by atoms with Crippen molar-refractivity contribution in [3.63, 3.8) is 0 Å². The lowest BCUT2D eigenvalue weighted by atomic mass is 10.1. The van der Waals surface area contributed by atoms with E-state index in [2.05, 4.69) is 15.9 Å². The minimum atomic E-state index is -4.41. The number of nitrogens with zero attached hydrogens (tertiary/aromatic N) is 1. The van der Waals surface area contributed by atoms with E-state index in [0.29, 0.717) is 23.0 Å². The van der Waals surface area contributed by atoms with Crippen LogP contribution in [0.25, 0.3) is 0 Å². The Hall–Kier alpha value is -1.08. The van der Waals surface area contributed by atoms with E-state index in [4.69, 9.17) is 5.11 Å². The molecule has 0 aromatic heterocycles. The van der Waals surface area contributed by atoms with Crippen molar-refractivity contribution in [1.29, 1.82) is 0 Å². The zero-order valence-corrected chi connectivity index (χ0v) is 12.0. The number of hydrogen-bond acceptors (Lipinski definition) is 2. The monoisotopic (exact) mass is 351 g/mol. The van der Waals surface area contributed by atoms with Crippen LogP contribution in [0.3, 0.4) is 0 Å². The standard InChI is InChI=1S/C13H13BrF3NO2/c14-10-5-8(4-9(6-10)13(15,16)17)7-18-3-1-2-11(18)12(19)20/h4-6,11H,1-3,7H2,(H,19,20)/t11-/m0/s1. The number of benzene rings is 1. The van der Waals surface area contributed by atoms with Gasteiger partial charge in [-0.2, -0.15) is 13.2 Å². The predicted octanol–water partition coefficient (Wildman–Crippen LogP) is 3.52. The fourth-order valence-corrected chi connectivity index (χ4v) is 2.98. The average Bonchev–Trinajstić information content (AvgIpc) is 2.75. The molecule has 110 valence electrons. The van der Waals surface area contributed by atoms with Gasteiger partial charge in [-0.1, -0.05) is 15.9 Å². The van der Waals surface area contributed by atoms with Crippen molar-refractivity contribution < 1.29 is 23.1 Å². The highest BCUT2D eigenvalue weighted by molar-refractivity contribution is 9.10. The van der Waals surface area contributed by atoms with E-state index >= 15 is 0 Å². The van der Waals surface area contributed by atoms with Crippen LogP contribution in [0.15, 0.2) is 22.7 Å². The molecule has 2 rings (SSSR count). The van der Waals surface area contributed by atoms with Crippen molar-refractivity contribution in [2.45, 2.75) is 31.6 Å². The summed E-state index contributed by atoms with van der Waals surface area (Å²) >= 11 is 3.06. The van der Waals surface area contributed by atoms with Crippen LogP contribution < -0.4 is 0 Å². The maximum atomic E-state index is 12.7. The van der Waals surface area contributed by atoms with Crippen molar-refractivity contribution >= 4 is 21.9 Å². The van der Waals surface area contributed by atoms with Crippen LogP contribution in [-0.2, 0) is 17.5 Å². The lowest BCUT2D eigenvalue weighted by Crippen LogP contribution is -2.35. The first-order valence-corrected chi connectivity index (χ1v) is 6.90. The molecular weight excluding hydrogens is 339 g/mol. The van der Waals surface area contributed by atoms with Gasteiger partial charge in [-0.05, 0) is 43.1 Å². The van der Waals surface area contributed by atoms with Crippen LogP contribution in [0, 0.1) is 0 Å². The minimum Gasteiger partial charge on any atom is -0.480 e. The SMILES string of the molecule is O=C(O)[C@@H]1CCCN1Cc1cc(Br)cc(C(F)(F)F)c1. The first-order chi connectivity index (χ1) is 9.27. The molecule has 0 aliphatic carbocycles. The molecule has 1 N–H and O–H groups in total. The molecule has 7 heteroatoms. The molecule has 1 saturated heterocycles. The molecule has 0 bridgehead atoms. The summed E-state index contributed by atoms with van der Waals surface area (Å²) in [5.74, 6) is -0.923. The smallest absolute Gasteiger partial charge is 0.416 e. The molecule has 0 unspecified atom stereocenters. The van der Waals surface area contributed by atoms with Crippen LogP contribution >= 0.6 is 15.9 Å². The zero-order valence-electron chi connectivity index (χ0n) is 10.5. The van der Waals surface area contributed by atoms with Gasteiger partial charge in [-0.3, -0.25) is 9.69 Å². The van der Waals surface area contributed by atoms with E-state index in [1.807, 2.05) is 0 Å². The highest BCUT2D eigenvalue weighted by atomic mass is 79.9. The zero-order chi connectivity index (χ0) is 14.9. The van der Waals surface area contributed by atoms with E-state index in [0.717, 1.165) is 18.6 Å².